The Bertz CT molecular complexity index is 765. The number of nitrogens with one attached hydrogen (secondary N) is 1. The van der Waals surface area contributed by atoms with E-state index in [0.29, 0.717) is 17.2 Å². The van der Waals surface area contributed by atoms with Crippen LogP contribution in [0.15, 0.2) is 48.2 Å². The van der Waals surface area contributed by atoms with Crippen molar-refractivity contribution in [3.63, 3.8) is 0 Å². The highest BCUT2D eigenvalue weighted by atomic mass is 35.5. The van der Waals surface area contributed by atoms with Crippen LogP contribution < -0.4 is 10.2 Å². The van der Waals surface area contributed by atoms with E-state index in [-0.39, 0.29) is 31.5 Å². The molecule has 2 aliphatic rings. The predicted molar refractivity (Wildman–Crippen MR) is 107 cm³/mol. The molecule has 1 aromatic carbocycles. The van der Waals surface area contributed by atoms with E-state index in [1.165, 1.54) is 0 Å². The highest BCUT2D eigenvalue weighted by Crippen LogP contribution is 2.49. The molecule has 1 saturated carbocycles. The molecule has 3 rings (SSSR count). The Labute approximate surface area is 174 Å². The van der Waals surface area contributed by atoms with E-state index < -0.39 is 17.7 Å². The zero-order valence-corrected chi connectivity index (χ0v) is 16.7. The fraction of sp³-hybridized carbons (Fsp3) is 0.476. The second-order valence-electron chi connectivity index (χ2n) is 7.45. The van der Waals surface area contributed by atoms with Crippen molar-refractivity contribution in [2.24, 2.45) is 11.8 Å². The summed E-state index contributed by atoms with van der Waals surface area (Å²) in [6.45, 7) is 0.158. The summed E-state index contributed by atoms with van der Waals surface area (Å²) in [4.78, 5) is 15.7. The summed E-state index contributed by atoms with van der Waals surface area (Å²) >= 11 is 5.83. The number of rotatable bonds is 10. The lowest BCUT2D eigenvalue weighted by atomic mass is 9.87. The van der Waals surface area contributed by atoms with Gasteiger partial charge in [0, 0.05) is 16.6 Å². The lowest BCUT2D eigenvalue weighted by Gasteiger charge is -2.26. The number of benzene rings is 1. The van der Waals surface area contributed by atoms with E-state index in [1.54, 1.807) is 36.4 Å². The number of hydroxylamine groups is 1. The Balaban J connectivity index is 1.50. The first-order valence-electron chi connectivity index (χ1n) is 9.65. The third kappa shape index (κ3) is 5.73. The van der Waals surface area contributed by atoms with Gasteiger partial charge in [0.2, 0.25) is 0 Å². The quantitative estimate of drug-likeness (QED) is 0.260. The highest BCUT2D eigenvalue weighted by molar-refractivity contribution is 6.30. The average molecular weight is 424 g/mol. The van der Waals surface area contributed by atoms with Gasteiger partial charge in [-0.25, -0.2) is 0 Å². The number of aliphatic hydroxyl groups is 2. The molecule has 0 spiro atoms. The van der Waals surface area contributed by atoms with Crippen LogP contribution in [0.25, 0.3) is 0 Å². The molecule has 0 amide bonds. The van der Waals surface area contributed by atoms with Crippen LogP contribution >= 0.6 is 11.6 Å². The minimum atomic E-state index is -0.994. The number of fused-ring (bicyclic) bond motifs is 1. The van der Waals surface area contributed by atoms with Crippen molar-refractivity contribution in [2.45, 2.75) is 37.4 Å². The number of carbonyl (C=O) groups is 1. The number of aliphatic carboxylic acids is 1. The van der Waals surface area contributed by atoms with E-state index in [2.05, 4.69) is 5.48 Å². The van der Waals surface area contributed by atoms with E-state index in [9.17, 15) is 15.0 Å². The molecule has 0 aromatic heterocycles. The van der Waals surface area contributed by atoms with Crippen LogP contribution in [0.4, 0.5) is 0 Å². The summed E-state index contributed by atoms with van der Waals surface area (Å²) < 4.78 is 5.54. The number of aliphatic hydroxyl groups excluding tert-OH is 1. The molecule has 2 aliphatic carbocycles. The van der Waals surface area contributed by atoms with Crippen molar-refractivity contribution in [1.82, 2.24) is 5.48 Å². The first kappa shape index (κ1) is 21.6. The zero-order valence-electron chi connectivity index (χ0n) is 16.0. The van der Waals surface area contributed by atoms with Gasteiger partial charge in [0.1, 0.15) is 18.5 Å². The van der Waals surface area contributed by atoms with Crippen molar-refractivity contribution < 1.29 is 29.7 Å². The summed E-state index contributed by atoms with van der Waals surface area (Å²) in [6.07, 6.45) is 6.72. The normalized spacial score (nSPS) is 26.9. The summed E-state index contributed by atoms with van der Waals surface area (Å²) in [6, 6.07) is 6.91. The maximum absolute atomic E-state index is 11.1. The maximum Gasteiger partial charge on any atom is 0.305 e. The second-order valence-corrected chi connectivity index (χ2v) is 7.89. The van der Waals surface area contributed by atoms with Gasteiger partial charge in [-0.3, -0.25) is 15.1 Å². The Morgan fingerprint density at radius 2 is 2.10 bits per heavy atom. The Hall–Kier alpha value is -2.06. The van der Waals surface area contributed by atoms with Gasteiger partial charge in [-0.1, -0.05) is 23.8 Å². The predicted octanol–water partition coefficient (Wildman–Crippen LogP) is 2.68. The second kappa shape index (κ2) is 9.63. The molecule has 0 heterocycles. The molecule has 7 nitrogen and oxygen atoms in total. The van der Waals surface area contributed by atoms with Crippen molar-refractivity contribution in [2.75, 3.05) is 13.2 Å². The molecule has 1 fully saturated rings. The molecular weight excluding hydrogens is 398 g/mol. The monoisotopic (exact) mass is 423 g/mol. The van der Waals surface area contributed by atoms with E-state index >= 15 is 0 Å². The van der Waals surface area contributed by atoms with Gasteiger partial charge >= 0.3 is 5.97 Å². The van der Waals surface area contributed by atoms with Gasteiger partial charge in [0.15, 0.2) is 0 Å². The zero-order chi connectivity index (χ0) is 20.9. The molecule has 0 saturated heterocycles. The van der Waals surface area contributed by atoms with Crippen molar-refractivity contribution in [1.29, 1.82) is 0 Å². The lowest BCUT2D eigenvalue weighted by Crippen LogP contribution is -2.34. The van der Waals surface area contributed by atoms with Gasteiger partial charge in [-0.2, -0.15) is 0 Å². The molecule has 0 aliphatic heterocycles. The van der Waals surface area contributed by atoms with E-state index in [1.807, 2.05) is 6.08 Å². The molecule has 0 radical (unpaired) electrons. The van der Waals surface area contributed by atoms with Gasteiger partial charge in [0.05, 0.1) is 18.6 Å². The van der Waals surface area contributed by atoms with Crippen LogP contribution in [0.3, 0.4) is 0 Å². The van der Waals surface area contributed by atoms with Crippen molar-refractivity contribution >= 4 is 17.6 Å². The number of halogens is 1. The first-order valence-corrected chi connectivity index (χ1v) is 10.0. The SMILES string of the molecule is O=C(O)CCONC1=C[C@]2(O)[C@H](CC[C@@H]2C=CC(O)COc2ccc(Cl)cc2)C1. The average Bonchev–Trinajstić information content (AvgIpc) is 3.15. The van der Waals surface area contributed by atoms with Crippen LogP contribution in [-0.4, -0.2) is 46.2 Å². The molecule has 8 heteroatoms. The van der Waals surface area contributed by atoms with Crippen LogP contribution in [0.2, 0.25) is 5.02 Å². The van der Waals surface area contributed by atoms with Gasteiger partial charge in [-0.15, -0.1) is 0 Å². The van der Waals surface area contributed by atoms with Crippen LogP contribution in [0.5, 0.6) is 5.75 Å². The largest absolute Gasteiger partial charge is 0.491 e. The number of carboxylic acid groups (broad SMARTS) is 1. The molecule has 1 aromatic rings. The van der Waals surface area contributed by atoms with E-state index in [0.717, 1.165) is 18.5 Å². The maximum atomic E-state index is 11.1. The standard InChI is InChI=1S/C21H26ClNO6/c22-16-4-7-19(8-5-16)28-13-18(24)6-3-14-1-2-15-11-17(12-21(14,15)27)23-29-10-9-20(25)26/h3-8,12,14-15,18,23-24,27H,1-2,9-11,13H2,(H,25,26)/t14-,15-,18?,21-/m1/s1. The molecule has 4 atom stereocenters. The van der Waals surface area contributed by atoms with Crippen molar-refractivity contribution in [3.8, 4) is 5.75 Å². The molecule has 1 unspecified atom stereocenters. The first-order chi connectivity index (χ1) is 13.9. The highest BCUT2D eigenvalue weighted by Gasteiger charge is 2.50. The fourth-order valence-electron chi connectivity index (χ4n) is 3.87. The molecule has 29 heavy (non-hydrogen) atoms. The third-order valence-electron chi connectivity index (χ3n) is 5.37. The number of ether oxygens (including phenoxy) is 1. The minimum Gasteiger partial charge on any atom is -0.491 e. The summed E-state index contributed by atoms with van der Waals surface area (Å²) in [5.74, 6) is -0.341. The van der Waals surface area contributed by atoms with Crippen LogP contribution in [0.1, 0.15) is 25.7 Å². The molecule has 0 bridgehead atoms. The molecule has 4 N–H and O–H groups in total. The number of carboxylic acids is 1. The molecular formula is C21H26ClNO6. The number of allylic oxidation sites excluding steroid dienone is 1. The fourth-order valence-corrected chi connectivity index (χ4v) is 4.00. The Morgan fingerprint density at radius 1 is 1.34 bits per heavy atom. The summed E-state index contributed by atoms with van der Waals surface area (Å²) in [5.41, 5.74) is 2.52. The van der Waals surface area contributed by atoms with Crippen molar-refractivity contribution in [3.05, 3.63) is 53.2 Å². The van der Waals surface area contributed by atoms with Gasteiger partial charge < -0.3 is 20.1 Å². The molecule has 158 valence electrons. The van der Waals surface area contributed by atoms with Crippen LogP contribution in [0, 0.1) is 11.8 Å². The summed E-state index contributed by atoms with van der Waals surface area (Å²) in [5, 5.41) is 30.5. The third-order valence-corrected chi connectivity index (χ3v) is 5.62. The van der Waals surface area contributed by atoms with Crippen LogP contribution in [-0.2, 0) is 9.63 Å². The Kier molecular flexibility index (Phi) is 7.18. The smallest absolute Gasteiger partial charge is 0.305 e. The Morgan fingerprint density at radius 3 is 2.83 bits per heavy atom. The number of hydrogen-bond acceptors (Lipinski definition) is 6. The minimum absolute atomic E-state index is 0.0545. The summed E-state index contributed by atoms with van der Waals surface area (Å²) in [7, 11) is 0. The lowest BCUT2D eigenvalue weighted by molar-refractivity contribution is -0.138. The number of hydrogen-bond donors (Lipinski definition) is 4. The topological polar surface area (TPSA) is 108 Å². The van der Waals surface area contributed by atoms with Gasteiger partial charge in [0.25, 0.3) is 0 Å². The van der Waals surface area contributed by atoms with Gasteiger partial charge in [-0.05, 0) is 55.5 Å². The van der Waals surface area contributed by atoms with E-state index in [4.69, 9.17) is 26.3 Å².